The number of methoxy groups -OCH3 is 1. The van der Waals surface area contributed by atoms with Crippen LogP contribution in [-0.4, -0.2) is 47.6 Å². The summed E-state index contributed by atoms with van der Waals surface area (Å²) in [6.45, 7) is 1.01. The lowest BCUT2D eigenvalue weighted by Gasteiger charge is -2.38. The second-order valence-electron chi connectivity index (χ2n) is 5.61. The van der Waals surface area contributed by atoms with Crippen LogP contribution in [0.2, 0.25) is 0 Å². The van der Waals surface area contributed by atoms with Crippen LogP contribution in [0.25, 0.3) is 10.9 Å². The summed E-state index contributed by atoms with van der Waals surface area (Å²) in [4.78, 5) is 6.70. The van der Waals surface area contributed by atoms with E-state index in [4.69, 9.17) is 4.74 Å². The maximum absolute atomic E-state index is 10.3. The lowest BCUT2D eigenvalue weighted by Crippen LogP contribution is -2.50. The summed E-state index contributed by atoms with van der Waals surface area (Å²) in [5.74, 6) is 1.54. The van der Waals surface area contributed by atoms with Crippen LogP contribution in [0.4, 0.5) is 5.82 Å². The molecule has 3 rings (SSSR count). The summed E-state index contributed by atoms with van der Waals surface area (Å²) in [7, 11) is 1.63. The molecule has 0 unspecified atom stereocenters. The van der Waals surface area contributed by atoms with Gasteiger partial charge in [-0.05, 0) is 31.0 Å². The van der Waals surface area contributed by atoms with Crippen molar-refractivity contribution in [1.82, 2.24) is 4.98 Å². The second-order valence-corrected chi connectivity index (χ2v) is 5.61. The number of anilines is 1. The van der Waals surface area contributed by atoms with Gasteiger partial charge in [-0.1, -0.05) is 12.1 Å². The smallest absolute Gasteiger partial charge is 0.145 e. The molecule has 1 aromatic heterocycles. The van der Waals surface area contributed by atoms with Gasteiger partial charge in [0.1, 0.15) is 22.7 Å². The van der Waals surface area contributed by atoms with Crippen molar-refractivity contribution in [2.45, 2.75) is 18.4 Å². The fourth-order valence-corrected chi connectivity index (χ4v) is 2.89. The minimum Gasteiger partial charge on any atom is -0.494 e. The predicted octanol–water partition coefficient (Wildman–Crippen LogP) is 1.57. The Morgan fingerprint density at radius 3 is 2.95 bits per heavy atom. The zero-order valence-electron chi connectivity index (χ0n) is 12.1. The maximum Gasteiger partial charge on any atom is 0.145 e. The third-order valence-corrected chi connectivity index (χ3v) is 4.06. The number of para-hydroxylation sites is 1. The van der Waals surface area contributed by atoms with Gasteiger partial charge in [0.2, 0.25) is 0 Å². The highest BCUT2D eigenvalue weighted by Crippen LogP contribution is 2.29. The number of pyridine rings is 1. The first-order chi connectivity index (χ1) is 10.1. The number of hydrogen-bond donors (Lipinski definition) is 2. The third-order valence-electron chi connectivity index (χ3n) is 4.06. The summed E-state index contributed by atoms with van der Waals surface area (Å²) in [5.41, 5.74) is -0.217. The van der Waals surface area contributed by atoms with Gasteiger partial charge in [-0.3, -0.25) is 0 Å². The molecule has 112 valence electrons. The quantitative estimate of drug-likeness (QED) is 0.897. The largest absolute Gasteiger partial charge is 0.494 e. The first-order valence-corrected chi connectivity index (χ1v) is 7.17. The zero-order valence-corrected chi connectivity index (χ0v) is 12.1. The number of aliphatic hydroxyl groups is 2. The molecule has 0 spiro atoms. The molecule has 5 heteroatoms. The molecule has 2 aromatic rings. The SMILES string of the molecule is COc1cccc2ccc(N3CCC[C@](O)(CO)C3)nc12. The Labute approximate surface area is 123 Å². The molecule has 0 aliphatic carbocycles. The van der Waals surface area contributed by atoms with Crippen LogP contribution in [0.5, 0.6) is 5.75 Å². The highest BCUT2D eigenvalue weighted by atomic mass is 16.5. The number of β-amino-alcohol motifs (C(OH)–C–C–N with tert-alkyl or cyclic N) is 1. The van der Waals surface area contributed by atoms with Gasteiger partial charge in [0.25, 0.3) is 0 Å². The Bertz CT molecular complexity index is 646. The molecule has 1 fully saturated rings. The van der Waals surface area contributed by atoms with E-state index in [1.807, 2.05) is 35.2 Å². The van der Waals surface area contributed by atoms with E-state index in [0.717, 1.165) is 35.4 Å². The molecule has 1 aliphatic rings. The summed E-state index contributed by atoms with van der Waals surface area (Å²) < 4.78 is 5.36. The highest BCUT2D eigenvalue weighted by molar-refractivity contribution is 5.86. The molecule has 1 aliphatic heterocycles. The van der Waals surface area contributed by atoms with E-state index >= 15 is 0 Å². The van der Waals surface area contributed by atoms with Crippen LogP contribution < -0.4 is 9.64 Å². The van der Waals surface area contributed by atoms with E-state index in [0.29, 0.717) is 13.0 Å². The van der Waals surface area contributed by atoms with Crippen molar-refractivity contribution in [2.75, 3.05) is 31.7 Å². The van der Waals surface area contributed by atoms with Crippen molar-refractivity contribution in [3.8, 4) is 5.75 Å². The van der Waals surface area contributed by atoms with E-state index in [-0.39, 0.29) is 6.61 Å². The molecule has 1 atom stereocenters. The van der Waals surface area contributed by atoms with Gasteiger partial charge in [-0.15, -0.1) is 0 Å². The van der Waals surface area contributed by atoms with Crippen LogP contribution >= 0.6 is 0 Å². The minimum atomic E-state index is -1.03. The van der Waals surface area contributed by atoms with E-state index in [1.165, 1.54) is 0 Å². The normalized spacial score (nSPS) is 22.5. The van der Waals surface area contributed by atoms with Crippen molar-refractivity contribution in [3.63, 3.8) is 0 Å². The molecule has 2 heterocycles. The first-order valence-electron chi connectivity index (χ1n) is 7.17. The van der Waals surface area contributed by atoms with Crippen molar-refractivity contribution in [1.29, 1.82) is 0 Å². The van der Waals surface area contributed by atoms with Crippen LogP contribution in [0.15, 0.2) is 30.3 Å². The summed E-state index contributed by atoms with van der Waals surface area (Å²) in [5, 5.41) is 20.7. The molecule has 1 saturated heterocycles. The van der Waals surface area contributed by atoms with E-state index in [2.05, 4.69) is 4.98 Å². The number of hydrogen-bond acceptors (Lipinski definition) is 5. The van der Waals surface area contributed by atoms with Crippen molar-refractivity contribution < 1.29 is 14.9 Å². The monoisotopic (exact) mass is 288 g/mol. The molecule has 0 radical (unpaired) electrons. The number of fused-ring (bicyclic) bond motifs is 1. The molecular weight excluding hydrogens is 268 g/mol. The average Bonchev–Trinajstić information content (AvgIpc) is 2.54. The number of rotatable bonds is 3. The topological polar surface area (TPSA) is 65.8 Å². The molecular formula is C16H20N2O3. The molecule has 1 aromatic carbocycles. The van der Waals surface area contributed by atoms with Gasteiger partial charge in [-0.25, -0.2) is 4.98 Å². The minimum absolute atomic E-state index is 0.222. The van der Waals surface area contributed by atoms with Gasteiger partial charge in [0, 0.05) is 11.9 Å². The Morgan fingerprint density at radius 2 is 2.19 bits per heavy atom. The van der Waals surface area contributed by atoms with Gasteiger partial charge in [0.05, 0.1) is 20.3 Å². The highest BCUT2D eigenvalue weighted by Gasteiger charge is 2.33. The van der Waals surface area contributed by atoms with Crippen LogP contribution in [0, 0.1) is 0 Å². The molecule has 2 N–H and O–H groups in total. The Morgan fingerprint density at radius 1 is 1.33 bits per heavy atom. The fourth-order valence-electron chi connectivity index (χ4n) is 2.89. The standard InChI is InChI=1S/C16H20N2O3/c1-21-13-5-2-4-12-6-7-14(17-15(12)13)18-9-3-8-16(20,10-18)11-19/h2,4-7,19-20H,3,8-11H2,1H3/t16-/m1/s1. The van der Waals surface area contributed by atoms with Gasteiger partial charge >= 0.3 is 0 Å². The van der Waals surface area contributed by atoms with E-state index in [1.54, 1.807) is 7.11 Å². The van der Waals surface area contributed by atoms with Crippen LogP contribution in [0.3, 0.4) is 0 Å². The van der Waals surface area contributed by atoms with Crippen molar-refractivity contribution in [2.24, 2.45) is 0 Å². The third kappa shape index (κ3) is 2.66. The lowest BCUT2D eigenvalue weighted by atomic mass is 9.94. The summed E-state index contributed by atoms with van der Waals surface area (Å²) in [6.07, 6.45) is 1.46. The lowest BCUT2D eigenvalue weighted by molar-refractivity contribution is -0.0242. The van der Waals surface area contributed by atoms with Crippen LogP contribution in [0.1, 0.15) is 12.8 Å². The summed E-state index contributed by atoms with van der Waals surface area (Å²) in [6, 6.07) is 9.78. The number of benzene rings is 1. The van der Waals surface area contributed by atoms with Crippen molar-refractivity contribution >= 4 is 16.7 Å². The Hall–Kier alpha value is -1.85. The average molecular weight is 288 g/mol. The number of aromatic nitrogens is 1. The molecule has 0 saturated carbocycles. The number of aliphatic hydroxyl groups excluding tert-OH is 1. The fraction of sp³-hybridized carbons (Fsp3) is 0.438. The molecule has 5 nitrogen and oxygen atoms in total. The van der Waals surface area contributed by atoms with E-state index in [9.17, 15) is 10.2 Å². The molecule has 0 amide bonds. The number of piperidine rings is 1. The van der Waals surface area contributed by atoms with Gasteiger partial charge in [0.15, 0.2) is 0 Å². The second kappa shape index (κ2) is 5.50. The van der Waals surface area contributed by atoms with E-state index < -0.39 is 5.60 Å². The first kappa shape index (κ1) is 14.1. The molecule has 0 bridgehead atoms. The van der Waals surface area contributed by atoms with Gasteiger partial charge < -0.3 is 19.8 Å². The number of ether oxygens (including phenoxy) is 1. The van der Waals surface area contributed by atoms with Gasteiger partial charge in [-0.2, -0.15) is 0 Å². The Kier molecular flexibility index (Phi) is 3.69. The number of nitrogens with zero attached hydrogens (tertiary/aromatic N) is 2. The summed E-state index contributed by atoms with van der Waals surface area (Å²) >= 11 is 0. The zero-order chi connectivity index (χ0) is 14.9. The Balaban J connectivity index is 1.97. The molecule has 21 heavy (non-hydrogen) atoms. The maximum atomic E-state index is 10.3. The van der Waals surface area contributed by atoms with Crippen molar-refractivity contribution in [3.05, 3.63) is 30.3 Å². The predicted molar refractivity (Wildman–Crippen MR) is 81.8 cm³/mol. The van der Waals surface area contributed by atoms with Crippen LogP contribution in [-0.2, 0) is 0 Å².